The van der Waals surface area contributed by atoms with Gasteiger partial charge in [0.05, 0.1) is 13.1 Å². The lowest BCUT2D eigenvalue weighted by atomic mass is 10.0. The van der Waals surface area contributed by atoms with Gasteiger partial charge in [-0.15, -0.1) is 0 Å². The molecule has 0 saturated carbocycles. The molecule has 1 N–H and O–H groups in total. The normalized spacial score (nSPS) is 16.0. The molecule has 0 bridgehead atoms. The van der Waals surface area contributed by atoms with Crippen molar-refractivity contribution < 1.29 is 5.21 Å². The third-order valence-corrected chi connectivity index (χ3v) is 5.21. The van der Waals surface area contributed by atoms with E-state index in [9.17, 15) is 5.21 Å². The van der Waals surface area contributed by atoms with Gasteiger partial charge < -0.3 is 0 Å². The summed E-state index contributed by atoms with van der Waals surface area (Å²) in [6, 6.07) is 0. The van der Waals surface area contributed by atoms with E-state index in [4.69, 9.17) is 0 Å². The zero-order valence-electron chi connectivity index (χ0n) is 16.9. The van der Waals surface area contributed by atoms with Crippen LogP contribution in [0.4, 0.5) is 0 Å². The highest BCUT2D eigenvalue weighted by Gasteiger charge is 2.20. The molecule has 0 aliphatic carbocycles. The van der Waals surface area contributed by atoms with Gasteiger partial charge in [0, 0.05) is 5.92 Å². The molecule has 0 aromatic carbocycles. The fourth-order valence-electron chi connectivity index (χ4n) is 3.53. The maximum Gasteiger partial charge on any atom is 0.130 e. The zero-order valence-corrected chi connectivity index (χ0v) is 16.9. The molecule has 1 heterocycles. The SMILES string of the molecule is CCCCCCCCCCCCCCC=CC(CC)C1=NCCN1O. The summed E-state index contributed by atoms with van der Waals surface area (Å²) in [6.45, 7) is 5.83. The van der Waals surface area contributed by atoms with Gasteiger partial charge in [-0.3, -0.25) is 10.2 Å². The first kappa shape index (κ1) is 22.2. The highest BCUT2D eigenvalue weighted by Crippen LogP contribution is 2.16. The van der Waals surface area contributed by atoms with Gasteiger partial charge in [-0.2, -0.15) is 0 Å². The Labute approximate surface area is 156 Å². The van der Waals surface area contributed by atoms with Crippen LogP contribution in [-0.2, 0) is 0 Å². The molecule has 3 heteroatoms. The molecule has 0 radical (unpaired) electrons. The van der Waals surface area contributed by atoms with E-state index in [0.29, 0.717) is 6.54 Å². The fraction of sp³-hybridized carbons (Fsp3) is 0.864. The Hall–Kier alpha value is -0.830. The minimum absolute atomic E-state index is 0.282. The van der Waals surface area contributed by atoms with Crippen LogP contribution in [0.1, 0.15) is 104 Å². The van der Waals surface area contributed by atoms with E-state index in [-0.39, 0.29) is 5.92 Å². The highest BCUT2D eigenvalue weighted by molar-refractivity contribution is 5.86. The number of amidine groups is 1. The summed E-state index contributed by atoms with van der Waals surface area (Å²) in [5.74, 6) is 1.14. The Kier molecular flexibility index (Phi) is 13.7. The van der Waals surface area contributed by atoms with Crippen molar-refractivity contribution in [2.75, 3.05) is 13.1 Å². The number of allylic oxidation sites excluding steroid dienone is 1. The van der Waals surface area contributed by atoms with Gasteiger partial charge in [0.1, 0.15) is 5.84 Å². The quantitative estimate of drug-likeness (QED) is 0.246. The van der Waals surface area contributed by atoms with Crippen LogP contribution in [0.5, 0.6) is 0 Å². The lowest BCUT2D eigenvalue weighted by molar-refractivity contribution is -0.00689. The monoisotopic (exact) mass is 350 g/mol. The van der Waals surface area contributed by atoms with Crippen molar-refractivity contribution in [3.63, 3.8) is 0 Å². The first-order valence-electron chi connectivity index (χ1n) is 11.0. The zero-order chi connectivity index (χ0) is 18.2. The summed E-state index contributed by atoms with van der Waals surface area (Å²) in [4.78, 5) is 4.41. The minimum Gasteiger partial charge on any atom is -0.287 e. The average molecular weight is 351 g/mol. The molecule has 25 heavy (non-hydrogen) atoms. The molecule has 0 fully saturated rings. The molecule has 1 atom stereocenters. The van der Waals surface area contributed by atoms with Crippen LogP contribution in [0.25, 0.3) is 0 Å². The van der Waals surface area contributed by atoms with Gasteiger partial charge in [-0.25, -0.2) is 5.06 Å². The molecule has 1 rings (SSSR count). The molecule has 0 amide bonds. The Morgan fingerprint density at radius 3 is 1.96 bits per heavy atom. The van der Waals surface area contributed by atoms with E-state index in [0.717, 1.165) is 25.2 Å². The Bertz CT molecular complexity index is 365. The number of nitrogens with zero attached hydrogens (tertiary/aromatic N) is 2. The first-order chi connectivity index (χ1) is 12.3. The molecular formula is C22H42N2O. The maximum absolute atomic E-state index is 9.77. The van der Waals surface area contributed by atoms with Crippen LogP contribution in [-0.4, -0.2) is 29.2 Å². The Balaban J connectivity index is 1.91. The smallest absolute Gasteiger partial charge is 0.130 e. The second-order valence-corrected chi connectivity index (χ2v) is 7.48. The molecule has 1 aliphatic rings. The van der Waals surface area contributed by atoms with Crippen molar-refractivity contribution in [3.05, 3.63) is 12.2 Å². The second kappa shape index (κ2) is 15.4. The van der Waals surface area contributed by atoms with Crippen molar-refractivity contribution in [2.24, 2.45) is 10.9 Å². The summed E-state index contributed by atoms with van der Waals surface area (Å²) < 4.78 is 0. The van der Waals surface area contributed by atoms with Gasteiger partial charge in [-0.1, -0.05) is 96.6 Å². The Morgan fingerprint density at radius 2 is 1.48 bits per heavy atom. The van der Waals surface area contributed by atoms with Gasteiger partial charge >= 0.3 is 0 Å². The van der Waals surface area contributed by atoms with Crippen LogP contribution >= 0.6 is 0 Å². The second-order valence-electron chi connectivity index (χ2n) is 7.48. The fourth-order valence-corrected chi connectivity index (χ4v) is 3.53. The summed E-state index contributed by atoms with van der Waals surface area (Å²) in [6.07, 6.45) is 23.5. The van der Waals surface area contributed by atoms with Crippen LogP contribution in [0.15, 0.2) is 17.1 Å². The van der Waals surface area contributed by atoms with Crippen LogP contribution in [0, 0.1) is 5.92 Å². The summed E-state index contributed by atoms with van der Waals surface area (Å²) in [7, 11) is 0. The standard InChI is InChI=1S/C22H42N2O/c1-3-5-6-7-8-9-10-11-12-13-14-15-16-17-18-21(4-2)22-23-19-20-24(22)25/h17-18,21,25H,3-16,19-20H2,1-2H3. The highest BCUT2D eigenvalue weighted by atomic mass is 16.5. The Morgan fingerprint density at radius 1 is 0.920 bits per heavy atom. The number of rotatable bonds is 16. The first-order valence-corrected chi connectivity index (χ1v) is 11.0. The van der Waals surface area contributed by atoms with Crippen molar-refractivity contribution >= 4 is 5.84 Å². The van der Waals surface area contributed by atoms with Crippen molar-refractivity contribution in [1.82, 2.24) is 5.06 Å². The minimum atomic E-state index is 0.282. The van der Waals surface area contributed by atoms with E-state index >= 15 is 0 Å². The van der Waals surface area contributed by atoms with Gasteiger partial charge in [0.15, 0.2) is 0 Å². The van der Waals surface area contributed by atoms with Crippen LogP contribution < -0.4 is 0 Å². The van der Waals surface area contributed by atoms with Crippen molar-refractivity contribution in [3.8, 4) is 0 Å². The molecule has 0 aromatic heterocycles. The number of hydrogen-bond acceptors (Lipinski definition) is 3. The van der Waals surface area contributed by atoms with Crippen LogP contribution in [0.2, 0.25) is 0 Å². The average Bonchev–Trinajstić information content (AvgIpc) is 3.04. The topological polar surface area (TPSA) is 35.8 Å². The molecule has 0 spiro atoms. The van der Waals surface area contributed by atoms with E-state index < -0.39 is 0 Å². The largest absolute Gasteiger partial charge is 0.287 e. The molecule has 1 aliphatic heterocycles. The van der Waals surface area contributed by atoms with Crippen molar-refractivity contribution in [2.45, 2.75) is 104 Å². The number of aliphatic imine (C=N–C) groups is 1. The van der Waals surface area contributed by atoms with Crippen LogP contribution in [0.3, 0.4) is 0 Å². The molecule has 0 aromatic rings. The summed E-state index contributed by atoms with van der Waals surface area (Å²) in [5, 5.41) is 11.1. The lowest BCUT2D eigenvalue weighted by Crippen LogP contribution is -2.29. The number of unbranched alkanes of at least 4 members (excludes halogenated alkanes) is 12. The third-order valence-electron chi connectivity index (χ3n) is 5.21. The van der Waals surface area contributed by atoms with Crippen molar-refractivity contribution in [1.29, 1.82) is 0 Å². The maximum atomic E-state index is 9.77. The summed E-state index contributed by atoms with van der Waals surface area (Å²) >= 11 is 0. The predicted octanol–water partition coefficient (Wildman–Crippen LogP) is 6.76. The van der Waals surface area contributed by atoms with Gasteiger partial charge in [-0.05, 0) is 19.3 Å². The third kappa shape index (κ3) is 10.7. The molecule has 0 saturated heterocycles. The predicted molar refractivity (Wildman–Crippen MR) is 109 cm³/mol. The van der Waals surface area contributed by atoms with Gasteiger partial charge in [0.25, 0.3) is 0 Å². The number of hydrogen-bond donors (Lipinski definition) is 1. The van der Waals surface area contributed by atoms with E-state index in [1.165, 1.54) is 82.1 Å². The lowest BCUT2D eigenvalue weighted by Gasteiger charge is -2.17. The van der Waals surface area contributed by atoms with E-state index in [1.807, 2.05) is 0 Å². The molecule has 146 valence electrons. The van der Waals surface area contributed by atoms with E-state index in [1.54, 1.807) is 0 Å². The van der Waals surface area contributed by atoms with E-state index in [2.05, 4.69) is 31.0 Å². The molecule has 3 nitrogen and oxygen atoms in total. The number of hydroxylamine groups is 2. The van der Waals surface area contributed by atoms with Gasteiger partial charge in [0.2, 0.25) is 0 Å². The molecular weight excluding hydrogens is 308 g/mol. The summed E-state index contributed by atoms with van der Waals surface area (Å²) in [5.41, 5.74) is 0. The molecule has 1 unspecified atom stereocenters.